The molecule has 1 aromatic heterocycles. The Morgan fingerprint density at radius 2 is 2.12 bits per heavy atom. The Morgan fingerprint density at radius 1 is 1.28 bits per heavy atom. The van der Waals surface area contributed by atoms with E-state index < -0.39 is 0 Å². The summed E-state index contributed by atoms with van der Waals surface area (Å²) in [5, 5.41) is 3.09. The smallest absolute Gasteiger partial charge is 0.317 e. The van der Waals surface area contributed by atoms with Crippen LogP contribution in [0.25, 0.3) is 0 Å². The van der Waals surface area contributed by atoms with Crippen molar-refractivity contribution in [2.75, 3.05) is 20.7 Å². The Labute approximate surface area is 149 Å². The molecule has 1 saturated carbocycles. The Balaban J connectivity index is 1.58. The number of carbonyl (C=O) groups excluding carboxylic acids is 1. The number of hydrogen-bond acceptors (Lipinski definition) is 3. The number of carbonyl (C=O) groups is 1. The SMILES string of the molecule is COc1cccc(CN(C)C(=O)NCC2(c3ccccn3)CCC2)c1. The summed E-state index contributed by atoms with van der Waals surface area (Å²) >= 11 is 0. The first kappa shape index (κ1) is 17.3. The maximum atomic E-state index is 12.5. The third-order valence-electron chi connectivity index (χ3n) is 5.00. The second-order valence-electron chi connectivity index (χ2n) is 6.72. The van der Waals surface area contributed by atoms with Crippen molar-refractivity contribution >= 4 is 6.03 Å². The van der Waals surface area contributed by atoms with Gasteiger partial charge in [-0.25, -0.2) is 4.79 Å². The van der Waals surface area contributed by atoms with Crippen LogP contribution in [0.1, 0.15) is 30.5 Å². The van der Waals surface area contributed by atoms with Crippen molar-refractivity contribution in [1.29, 1.82) is 0 Å². The minimum Gasteiger partial charge on any atom is -0.497 e. The molecule has 1 fully saturated rings. The molecule has 0 unspecified atom stereocenters. The summed E-state index contributed by atoms with van der Waals surface area (Å²) in [6, 6.07) is 13.7. The van der Waals surface area contributed by atoms with Gasteiger partial charge in [-0.1, -0.05) is 24.6 Å². The van der Waals surface area contributed by atoms with Crippen LogP contribution >= 0.6 is 0 Å². The van der Waals surface area contributed by atoms with Crippen LogP contribution in [-0.2, 0) is 12.0 Å². The van der Waals surface area contributed by atoms with E-state index in [1.54, 1.807) is 12.0 Å². The van der Waals surface area contributed by atoms with Gasteiger partial charge in [0.25, 0.3) is 0 Å². The maximum Gasteiger partial charge on any atom is 0.317 e. The van der Waals surface area contributed by atoms with Gasteiger partial charge >= 0.3 is 6.03 Å². The average molecular weight is 339 g/mol. The lowest BCUT2D eigenvalue weighted by Crippen LogP contribution is -2.48. The van der Waals surface area contributed by atoms with Gasteiger partial charge in [0.2, 0.25) is 0 Å². The van der Waals surface area contributed by atoms with Crippen LogP contribution in [0.3, 0.4) is 0 Å². The number of aromatic nitrogens is 1. The molecule has 2 aromatic rings. The summed E-state index contributed by atoms with van der Waals surface area (Å²) in [6.07, 6.45) is 5.16. The van der Waals surface area contributed by atoms with Crippen LogP contribution < -0.4 is 10.1 Å². The van der Waals surface area contributed by atoms with E-state index in [4.69, 9.17) is 4.74 Å². The van der Waals surface area contributed by atoms with Gasteiger partial charge in [-0.3, -0.25) is 4.98 Å². The topological polar surface area (TPSA) is 54.5 Å². The number of nitrogens with zero attached hydrogens (tertiary/aromatic N) is 2. The van der Waals surface area contributed by atoms with E-state index >= 15 is 0 Å². The van der Waals surface area contributed by atoms with E-state index in [1.165, 1.54) is 6.42 Å². The van der Waals surface area contributed by atoms with Crippen LogP contribution in [0.2, 0.25) is 0 Å². The molecule has 5 nitrogen and oxygen atoms in total. The number of benzene rings is 1. The number of methoxy groups -OCH3 is 1. The first-order valence-corrected chi connectivity index (χ1v) is 8.66. The van der Waals surface area contributed by atoms with Gasteiger partial charge in [-0.2, -0.15) is 0 Å². The summed E-state index contributed by atoms with van der Waals surface area (Å²) in [5.41, 5.74) is 2.12. The average Bonchev–Trinajstić information content (AvgIpc) is 2.61. The molecule has 132 valence electrons. The molecule has 0 spiro atoms. The first-order chi connectivity index (χ1) is 12.1. The Kier molecular flexibility index (Phi) is 5.22. The molecule has 0 aliphatic heterocycles. The van der Waals surface area contributed by atoms with Crippen LogP contribution in [0.5, 0.6) is 5.75 Å². The summed E-state index contributed by atoms with van der Waals surface area (Å²) in [5.74, 6) is 0.801. The highest BCUT2D eigenvalue weighted by Crippen LogP contribution is 2.42. The van der Waals surface area contributed by atoms with Crippen LogP contribution in [0.4, 0.5) is 4.79 Å². The summed E-state index contributed by atoms with van der Waals surface area (Å²) in [6.45, 7) is 1.17. The third-order valence-corrected chi connectivity index (χ3v) is 5.00. The molecule has 1 heterocycles. The van der Waals surface area contributed by atoms with Crippen molar-refractivity contribution in [2.45, 2.75) is 31.2 Å². The molecule has 1 aliphatic carbocycles. The van der Waals surface area contributed by atoms with E-state index in [9.17, 15) is 4.79 Å². The zero-order valence-corrected chi connectivity index (χ0v) is 14.9. The molecule has 0 atom stereocenters. The number of hydrogen-bond donors (Lipinski definition) is 1. The number of pyridine rings is 1. The monoisotopic (exact) mass is 339 g/mol. The van der Waals surface area contributed by atoms with E-state index in [2.05, 4.69) is 16.4 Å². The number of ether oxygens (including phenoxy) is 1. The van der Waals surface area contributed by atoms with Gasteiger partial charge in [-0.15, -0.1) is 0 Å². The molecule has 5 heteroatoms. The van der Waals surface area contributed by atoms with Crippen molar-refractivity contribution in [3.8, 4) is 5.75 Å². The van der Waals surface area contributed by atoms with Crippen molar-refractivity contribution in [3.63, 3.8) is 0 Å². The number of nitrogens with one attached hydrogen (secondary N) is 1. The van der Waals surface area contributed by atoms with Gasteiger partial charge in [0.15, 0.2) is 0 Å². The van der Waals surface area contributed by atoms with Gasteiger partial charge in [0.1, 0.15) is 5.75 Å². The third kappa shape index (κ3) is 3.92. The predicted molar refractivity (Wildman–Crippen MR) is 97.6 cm³/mol. The van der Waals surface area contributed by atoms with E-state index in [-0.39, 0.29) is 11.4 Å². The summed E-state index contributed by atoms with van der Waals surface area (Å²) in [7, 11) is 3.45. The molecule has 2 amide bonds. The highest BCUT2D eigenvalue weighted by atomic mass is 16.5. The minimum atomic E-state index is -0.0648. The number of rotatable bonds is 6. The van der Waals surface area contributed by atoms with Crippen LogP contribution in [0.15, 0.2) is 48.7 Å². The second kappa shape index (κ2) is 7.55. The lowest BCUT2D eigenvalue weighted by Gasteiger charge is -2.41. The fourth-order valence-corrected chi connectivity index (χ4v) is 3.30. The maximum absolute atomic E-state index is 12.5. The Morgan fingerprint density at radius 3 is 2.76 bits per heavy atom. The lowest BCUT2D eigenvalue weighted by molar-refractivity contribution is 0.188. The summed E-state index contributed by atoms with van der Waals surface area (Å²) < 4.78 is 5.23. The molecule has 1 N–H and O–H groups in total. The molecule has 25 heavy (non-hydrogen) atoms. The van der Waals surface area contributed by atoms with Crippen molar-refractivity contribution < 1.29 is 9.53 Å². The normalized spacial score (nSPS) is 15.1. The van der Waals surface area contributed by atoms with Gasteiger partial charge in [0.05, 0.1) is 7.11 Å². The highest BCUT2D eigenvalue weighted by Gasteiger charge is 2.40. The van der Waals surface area contributed by atoms with Crippen molar-refractivity contribution in [2.24, 2.45) is 0 Å². The predicted octanol–water partition coefficient (Wildman–Crippen LogP) is 3.35. The van der Waals surface area contributed by atoms with Crippen molar-refractivity contribution in [1.82, 2.24) is 15.2 Å². The van der Waals surface area contributed by atoms with Gasteiger partial charge in [0, 0.05) is 37.4 Å². The van der Waals surface area contributed by atoms with E-state index in [1.807, 2.05) is 49.6 Å². The zero-order chi connectivity index (χ0) is 17.7. The molecular formula is C20H25N3O2. The standard InChI is InChI=1S/C20H25N3O2/c1-23(14-16-7-5-8-17(13-16)25-2)19(24)22-15-20(10-6-11-20)18-9-3-4-12-21-18/h3-5,7-9,12-13H,6,10-11,14-15H2,1-2H3,(H,22,24). The molecule has 0 bridgehead atoms. The first-order valence-electron chi connectivity index (χ1n) is 8.66. The molecule has 0 saturated heterocycles. The summed E-state index contributed by atoms with van der Waals surface area (Å²) in [4.78, 5) is 18.7. The fraction of sp³-hybridized carbons (Fsp3) is 0.400. The number of amides is 2. The minimum absolute atomic E-state index is 0.00622. The fourth-order valence-electron chi connectivity index (χ4n) is 3.30. The lowest BCUT2D eigenvalue weighted by atomic mass is 9.66. The van der Waals surface area contributed by atoms with E-state index in [0.29, 0.717) is 13.1 Å². The van der Waals surface area contributed by atoms with Crippen LogP contribution in [0, 0.1) is 0 Å². The molecule has 3 rings (SSSR count). The van der Waals surface area contributed by atoms with E-state index in [0.717, 1.165) is 29.8 Å². The molecular weight excluding hydrogens is 314 g/mol. The Hall–Kier alpha value is -2.56. The van der Waals surface area contributed by atoms with Gasteiger partial charge < -0.3 is 15.0 Å². The zero-order valence-electron chi connectivity index (χ0n) is 14.9. The number of urea groups is 1. The quantitative estimate of drug-likeness (QED) is 0.878. The highest BCUT2D eigenvalue weighted by molar-refractivity contribution is 5.74. The Bertz CT molecular complexity index is 714. The molecule has 1 aromatic carbocycles. The van der Waals surface area contributed by atoms with Crippen molar-refractivity contribution in [3.05, 3.63) is 59.9 Å². The largest absolute Gasteiger partial charge is 0.497 e. The second-order valence-corrected chi connectivity index (χ2v) is 6.72. The molecule has 1 aliphatic rings. The van der Waals surface area contributed by atoms with Crippen LogP contribution in [-0.4, -0.2) is 36.6 Å². The molecule has 0 radical (unpaired) electrons. The van der Waals surface area contributed by atoms with Gasteiger partial charge in [-0.05, 0) is 42.7 Å².